The number of hydrogen-bond acceptors (Lipinski definition) is 4. The van der Waals surface area contributed by atoms with Crippen LogP contribution in [0.15, 0.2) is 0 Å². The highest BCUT2D eigenvalue weighted by molar-refractivity contribution is 7.91. The Labute approximate surface area is 77.8 Å². The van der Waals surface area contributed by atoms with E-state index >= 15 is 0 Å². The van der Waals surface area contributed by atoms with E-state index in [1.807, 2.05) is 0 Å². The third-order valence-electron chi connectivity index (χ3n) is 2.06. The number of carbonyl (C=O) groups excluding carboxylic acids is 1. The molecule has 0 bridgehead atoms. The van der Waals surface area contributed by atoms with Crippen LogP contribution in [0.2, 0.25) is 0 Å². The number of amides is 1. The van der Waals surface area contributed by atoms with Gasteiger partial charge in [0.15, 0.2) is 9.84 Å². The van der Waals surface area contributed by atoms with Crippen molar-refractivity contribution >= 4 is 15.7 Å². The molecule has 1 saturated heterocycles. The van der Waals surface area contributed by atoms with E-state index in [0.29, 0.717) is 26.1 Å². The molecule has 1 rings (SSSR count). The topological polar surface area (TPSA) is 80.5 Å². The third kappa shape index (κ3) is 2.96. The Morgan fingerprint density at radius 3 is 2.31 bits per heavy atom. The van der Waals surface area contributed by atoms with Crippen LogP contribution in [0.1, 0.15) is 6.42 Å². The first kappa shape index (κ1) is 10.5. The van der Waals surface area contributed by atoms with Crippen molar-refractivity contribution in [3.8, 4) is 0 Å². The van der Waals surface area contributed by atoms with Gasteiger partial charge >= 0.3 is 0 Å². The Bertz CT molecular complexity index is 272. The molecule has 13 heavy (non-hydrogen) atoms. The number of nitrogens with two attached hydrogens (primary N) is 1. The lowest BCUT2D eigenvalue weighted by molar-refractivity contribution is -0.130. The van der Waals surface area contributed by atoms with Crippen molar-refractivity contribution < 1.29 is 13.2 Å². The molecule has 5 nitrogen and oxygen atoms in total. The fourth-order valence-electron chi connectivity index (χ4n) is 1.24. The molecular weight excluding hydrogens is 192 g/mol. The fourth-order valence-corrected chi connectivity index (χ4v) is 2.44. The monoisotopic (exact) mass is 206 g/mol. The average Bonchev–Trinajstić information content (AvgIpc) is 2.04. The van der Waals surface area contributed by atoms with Gasteiger partial charge < -0.3 is 10.6 Å². The molecule has 0 spiro atoms. The maximum absolute atomic E-state index is 11.3. The summed E-state index contributed by atoms with van der Waals surface area (Å²) in [5, 5.41) is 0. The van der Waals surface area contributed by atoms with Crippen LogP contribution in [0.4, 0.5) is 0 Å². The zero-order valence-electron chi connectivity index (χ0n) is 7.40. The van der Waals surface area contributed by atoms with Crippen molar-refractivity contribution in [2.24, 2.45) is 5.73 Å². The Morgan fingerprint density at radius 2 is 1.85 bits per heavy atom. The molecule has 0 saturated carbocycles. The highest BCUT2D eigenvalue weighted by Crippen LogP contribution is 2.04. The minimum Gasteiger partial charge on any atom is -0.341 e. The van der Waals surface area contributed by atoms with Crippen molar-refractivity contribution in [2.75, 3.05) is 31.1 Å². The molecule has 0 unspecified atom stereocenters. The van der Waals surface area contributed by atoms with Gasteiger partial charge in [0.05, 0.1) is 11.5 Å². The van der Waals surface area contributed by atoms with Gasteiger partial charge in [0.1, 0.15) is 0 Å². The van der Waals surface area contributed by atoms with E-state index in [0.717, 1.165) is 0 Å². The molecule has 1 aliphatic rings. The SMILES string of the molecule is NCCC(=O)N1CCS(=O)(=O)CC1. The molecule has 1 amide bonds. The Kier molecular flexibility index (Phi) is 3.27. The first-order valence-corrected chi connectivity index (χ1v) is 6.05. The number of carbonyl (C=O) groups is 1. The summed E-state index contributed by atoms with van der Waals surface area (Å²) < 4.78 is 22.0. The second-order valence-corrected chi connectivity index (χ2v) is 5.37. The smallest absolute Gasteiger partial charge is 0.223 e. The molecule has 2 N–H and O–H groups in total. The Hall–Kier alpha value is -0.620. The van der Waals surface area contributed by atoms with Crippen molar-refractivity contribution in [2.45, 2.75) is 6.42 Å². The van der Waals surface area contributed by atoms with E-state index < -0.39 is 9.84 Å². The van der Waals surface area contributed by atoms with Crippen LogP contribution in [0.25, 0.3) is 0 Å². The van der Waals surface area contributed by atoms with Gasteiger partial charge in [-0.1, -0.05) is 0 Å². The molecule has 0 aliphatic carbocycles. The first-order chi connectivity index (χ1) is 6.05. The molecule has 0 atom stereocenters. The van der Waals surface area contributed by atoms with Gasteiger partial charge in [-0.3, -0.25) is 4.79 Å². The second-order valence-electron chi connectivity index (χ2n) is 3.07. The Balaban J connectivity index is 2.45. The van der Waals surface area contributed by atoms with E-state index in [-0.39, 0.29) is 17.4 Å². The molecule has 0 aromatic rings. The van der Waals surface area contributed by atoms with E-state index in [2.05, 4.69) is 0 Å². The zero-order valence-corrected chi connectivity index (χ0v) is 8.22. The lowest BCUT2D eigenvalue weighted by Crippen LogP contribution is -2.44. The van der Waals surface area contributed by atoms with Gasteiger partial charge in [-0.05, 0) is 0 Å². The van der Waals surface area contributed by atoms with Crippen molar-refractivity contribution in [3.63, 3.8) is 0 Å². The minimum atomic E-state index is -2.89. The molecule has 0 aromatic carbocycles. The summed E-state index contributed by atoms with van der Waals surface area (Å²) in [7, 11) is -2.89. The zero-order chi connectivity index (χ0) is 9.90. The molecule has 76 valence electrons. The van der Waals surface area contributed by atoms with Crippen molar-refractivity contribution in [3.05, 3.63) is 0 Å². The largest absolute Gasteiger partial charge is 0.341 e. The molecule has 1 aliphatic heterocycles. The summed E-state index contributed by atoms with van der Waals surface area (Å²) in [6.45, 7) is 0.963. The van der Waals surface area contributed by atoms with Crippen LogP contribution >= 0.6 is 0 Å². The highest BCUT2D eigenvalue weighted by Gasteiger charge is 2.24. The van der Waals surface area contributed by atoms with Gasteiger partial charge in [-0.25, -0.2) is 8.42 Å². The maximum Gasteiger partial charge on any atom is 0.223 e. The summed E-state index contributed by atoms with van der Waals surface area (Å²) in [4.78, 5) is 12.8. The minimum absolute atomic E-state index is 0.0441. The highest BCUT2D eigenvalue weighted by atomic mass is 32.2. The molecule has 0 aromatic heterocycles. The number of nitrogens with zero attached hydrogens (tertiary/aromatic N) is 1. The van der Waals surface area contributed by atoms with Crippen LogP contribution in [-0.2, 0) is 14.6 Å². The van der Waals surface area contributed by atoms with Gasteiger partial charge in [-0.2, -0.15) is 0 Å². The standard InChI is InChI=1S/C7H14N2O3S/c8-2-1-7(10)9-3-5-13(11,12)6-4-9/h1-6,8H2. The summed E-state index contributed by atoms with van der Waals surface area (Å²) in [6, 6.07) is 0. The third-order valence-corrected chi connectivity index (χ3v) is 3.66. The van der Waals surface area contributed by atoms with Crippen LogP contribution < -0.4 is 5.73 Å². The second kappa shape index (κ2) is 4.06. The summed E-state index contributed by atoms with van der Waals surface area (Å²) in [6.07, 6.45) is 0.306. The van der Waals surface area contributed by atoms with Crippen LogP contribution in [0.5, 0.6) is 0 Å². The first-order valence-electron chi connectivity index (χ1n) is 4.23. The number of sulfone groups is 1. The molecule has 0 radical (unpaired) electrons. The van der Waals surface area contributed by atoms with E-state index in [9.17, 15) is 13.2 Å². The Morgan fingerprint density at radius 1 is 1.31 bits per heavy atom. The average molecular weight is 206 g/mol. The van der Waals surface area contributed by atoms with Gasteiger partial charge in [0.25, 0.3) is 0 Å². The van der Waals surface area contributed by atoms with Crippen LogP contribution in [0.3, 0.4) is 0 Å². The number of rotatable bonds is 2. The van der Waals surface area contributed by atoms with Gasteiger partial charge in [0.2, 0.25) is 5.91 Å². The molecule has 1 fully saturated rings. The summed E-state index contributed by atoms with van der Waals surface area (Å²) in [5.74, 6) is 0.129. The van der Waals surface area contributed by atoms with Crippen molar-refractivity contribution in [1.82, 2.24) is 4.90 Å². The van der Waals surface area contributed by atoms with E-state index in [1.54, 1.807) is 4.90 Å². The normalized spacial score (nSPS) is 21.5. The predicted molar refractivity (Wildman–Crippen MR) is 48.9 cm³/mol. The number of hydrogen-bond donors (Lipinski definition) is 1. The van der Waals surface area contributed by atoms with Crippen LogP contribution in [-0.4, -0.2) is 50.4 Å². The molecule has 1 heterocycles. The van der Waals surface area contributed by atoms with Crippen molar-refractivity contribution in [1.29, 1.82) is 0 Å². The predicted octanol–water partition coefficient (Wildman–Crippen LogP) is -1.41. The molecular formula is C7H14N2O3S. The molecule has 6 heteroatoms. The van der Waals surface area contributed by atoms with Crippen LogP contribution in [0, 0.1) is 0 Å². The maximum atomic E-state index is 11.3. The van der Waals surface area contributed by atoms with Gasteiger partial charge in [0, 0.05) is 26.1 Å². The lowest BCUT2D eigenvalue weighted by atomic mass is 10.3. The quantitative estimate of drug-likeness (QED) is 0.602. The lowest BCUT2D eigenvalue weighted by Gasteiger charge is -2.26. The summed E-state index contributed by atoms with van der Waals surface area (Å²) in [5.41, 5.74) is 5.22. The summed E-state index contributed by atoms with van der Waals surface area (Å²) >= 11 is 0. The van der Waals surface area contributed by atoms with Gasteiger partial charge in [-0.15, -0.1) is 0 Å². The van der Waals surface area contributed by atoms with E-state index in [4.69, 9.17) is 5.73 Å². The fraction of sp³-hybridized carbons (Fsp3) is 0.857. The van der Waals surface area contributed by atoms with E-state index in [1.165, 1.54) is 0 Å².